The first-order chi connectivity index (χ1) is 11.7. The van der Waals surface area contributed by atoms with Crippen LogP contribution in [0.25, 0.3) is 0 Å². The SMILES string of the molecule is CC1OC(=O)OC(C(=O)OC(C)(C)C)OC(CN2CCNCC2)C1=O. The van der Waals surface area contributed by atoms with Gasteiger partial charge >= 0.3 is 18.4 Å². The molecule has 0 spiro atoms. The fourth-order valence-corrected chi connectivity index (χ4v) is 2.54. The molecule has 0 amide bonds. The second kappa shape index (κ2) is 8.11. The lowest BCUT2D eigenvalue weighted by molar-refractivity contribution is -0.215. The molecule has 0 aromatic carbocycles. The first-order valence-electron chi connectivity index (χ1n) is 8.38. The Labute approximate surface area is 146 Å². The van der Waals surface area contributed by atoms with E-state index < -0.39 is 42.0 Å². The van der Waals surface area contributed by atoms with Crippen LogP contribution >= 0.6 is 0 Å². The first kappa shape index (κ1) is 19.6. The fraction of sp³-hybridized carbons (Fsp3) is 0.812. The lowest BCUT2D eigenvalue weighted by Gasteiger charge is -2.33. The average molecular weight is 358 g/mol. The van der Waals surface area contributed by atoms with Crippen LogP contribution in [0, 0.1) is 0 Å². The van der Waals surface area contributed by atoms with E-state index in [1.54, 1.807) is 20.8 Å². The summed E-state index contributed by atoms with van der Waals surface area (Å²) in [5, 5.41) is 3.22. The molecule has 0 aromatic heterocycles. The zero-order chi connectivity index (χ0) is 18.6. The molecule has 0 aliphatic carbocycles. The Morgan fingerprint density at radius 1 is 1.24 bits per heavy atom. The van der Waals surface area contributed by atoms with Crippen LogP contribution in [0.5, 0.6) is 0 Å². The maximum atomic E-state index is 12.5. The average Bonchev–Trinajstić information content (AvgIpc) is 2.51. The number of rotatable bonds is 3. The zero-order valence-corrected chi connectivity index (χ0v) is 15.1. The van der Waals surface area contributed by atoms with Crippen molar-refractivity contribution in [3.05, 3.63) is 0 Å². The molecule has 142 valence electrons. The Balaban J connectivity index is 2.12. The Bertz CT molecular complexity index is 511. The number of Topliss-reactive ketones (excluding diaryl/α,β-unsaturated/α-hetero) is 1. The van der Waals surface area contributed by atoms with Crippen LogP contribution < -0.4 is 5.32 Å². The maximum absolute atomic E-state index is 12.5. The number of carbonyl (C=O) groups excluding carboxylic acids is 3. The number of ether oxygens (including phenoxy) is 4. The molecule has 0 bridgehead atoms. The molecule has 2 rings (SSSR count). The molecular weight excluding hydrogens is 332 g/mol. The Morgan fingerprint density at radius 3 is 2.48 bits per heavy atom. The van der Waals surface area contributed by atoms with Gasteiger partial charge in [0.25, 0.3) is 0 Å². The number of piperazine rings is 1. The van der Waals surface area contributed by atoms with Crippen molar-refractivity contribution in [2.75, 3.05) is 32.7 Å². The lowest BCUT2D eigenvalue weighted by Crippen LogP contribution is -2.53. The molecule has 25 heavy (non-hydrogen) atoms. The molecule has 0 saturated carbocycles. The standard InChI is InChI=1S/C16H26N2O7/c1-10-12(19)11(9-18-7-5-17-6-8-18)23-14(24-15(21)22-10)13(20)25-16(2,3)4/h10-11,14,17H,5-9H2,1-4H3. The largest absolute Gasteiger partial charge is 0.511 e. The lowest BCUT2D eigenvalue weighted by atomic mass is 10.1. The van der Waals surface area contributed by atoms with Crippen molar-refractivity contribution < 1.29 is 33.3 Å². The van der Waals surface area contributed by atoms with Crippen molar-refractivity contribution in [1.29, 1.82) is 0 Å². The van der Waals surface area contributed by atoms with Crippen molar-refractivity contribution in [1.82, 2.24) is 10.2 Å². The van der Waals surface area contributed by atoms with Crippen molar-refractivity contribution in [2.45, 2.75) is 51.8 Å². The van der Waals surface area contributed by atoms with E-state index in [0.29, 0.717) is 0 Å². The second-order valence-electron chi connectivity index (χ2n) is 7.07. The van der Waals surface area contributed by atoms with E-state index in [-0.39, 0.29) is 6.54 Å². The molecule has 9 heteroatoms. The highest BCUT2D eigenvalue weighted by atomic mass is 16.8. The number of hydrogen-bond donors (Lipinski definition) is 1. The van der Waals surface area contributed by atoms with Crippen LogP contribution in [0.1, 0.15) is 27.7 Å². The van der Waals surface area contributed by atoms with Crippen LogP contribution in [0.15, 0.2) is 0 Å². The van der Waals surface area contributed by atoms with Gasteiger partial charge in [-0.1, -0.05) is 0 Å². The smallest absolute Gasteiger partial charge is 0.455 e. The number of nitrogens with zero attached hydrogens (tertiary/aromatic N) is 1. The van der Waals surface area contributed by atoms with E-state index in [2.05, 4.69) is 5.32 Å². The molecule has 0 radical (unpaired) electrons. The van der Waals surface area contributed by atoms with Gasteiger partial charge in [-0.3, -0.25) is 9.69 Å². The van der Waals surface area contributed by atoms with Crippen LogP contribution in [0.2, 0.25) is 0 Å². The minimum Gasteiger partial charge on any atom is -0.455 e. The third-order valence-electron chi connectivity index (χ3n) is 3.72. The first-order valence-corrected chi connectivity index (χ1v) is 8.38. The van der Waals surface area contributed by atoms with E-state index in [4.69, 9.17) is 18.9 Å². The van der Waals surface area contributed by atoms with Gasteiger partial charge in [0, 0.05) is 32.7 Å². The summed E-state index contributed by atoms with van der Waals surface area (Å²) in [5.41, 5.74) is -0.790. The maximum Gasteiger partial charge on any atom is 0.511 e. The van der Waals surface area contributed by atoms with Crippen LogP contribution in [0.4, 0.5) is 4.79 Å². The molecule has 2 aliphatic rings. The van der Waals surface area contributed by atoms with Gasteiger partial charge in [0.05, 0.1) is 0 Å². The summed E-state index contributed by atoms with van der Waals surface area (Å²) in [5.74, 6) is -1.29. The zero-order valence-electron chi connectivity index (χ0n) is 15.1. The molecule has 1 N–H and O–H groups in total. The normalized spacial score (nSPS) is 29.2. The van der Waals surface area contributed by atoms with Crippen molar-refractivity contribution in [2.24, 2.45) is 0 Å². The number of cyclic esters (lactones) is 2. The van der Waals surface area contributed by atoms with Crippen molar-refractivity contribution in [3.63, 3.8) is 0 Å². The minimum absolute atomic E-state index is 0.283. The number of hydrogen-bond acceptors (Lipinski definition) is 9. The van der Waals surface area contributed by atoms with E-state index in [0.717, 1.165) is 26.2 Å². The van der Waals surface area contributed by atoms with Gasteiger partial charge in [0.1, 0.15) is 11.7 Å². The summed E-state index contributed by atoms with van der Waals surface area (Å²) in [6.07, 6.45) is -4.76. The van der Waals surface area contributed by atoms with Gasteiger partial charge in [0.2, 0.25) is 5.78 Å². The van der Waals surface area contributed by atoms with Gasteiger partial charge in [0.15, 0.2) is 6.10 Å². The number of ketones is 1. The van der Waals surface area contributed by atoms with E-state index >= 15 is 0 Å². The molecule has 2 heterocycles. The van der Waals surface area contributed by atoms with E-state index in [1.165, 1.54) is 6.92 Å². The number of nitrogens with one attached hydrogen (secondary N) is 1. The summed E-state index contributed by atoms with van der Waals surface area (Å²) in [6, 6.07) is 0. The van der Waals surface area contributed by atoms with Crippen LogP contribution in [0.3, 0.4) is 0 Å². The molecule has 3 unspecified atom stereocenters. The molecule has 2 aliphatic heterocycles. The highest BCUT2D eigenvalue weighted by molar-refractivity contribution is 5.89. The molecular formula is C16H26N2O7. The van der Waals surface area contributed by atoms with E-state index in [1.807, 2.05) is 4.90 Å². The Morgan fingerprint density at radius 2 is 1.88 bits per heavy atom. The Kier molecular flexibility index (Phi) is 6.36. The van der Waals surface area contributed by atoms with Crippen molar-refractivity contribution in [3.8, 4) is 0 Å². The number of esters is 1. The second-order valence-corrected chi connectivity index (χ2v) is 7.07. The summed E-state index contributed by atoms with van der Waals surface area (Å²) < 4.78 is 20.5. The third kappa shape index (κ3) is 5.94. The van der Waals surface area contributed by atoms with Crippen molar-refractivity contribution >= 4 is 17.9 Å². The summed E-state index contributed by atoms with van der Waals surface area (Å²) >= 11 is 0. The van der Waals surface area contributed by atoms with E-state index in [9.17, 15) is 14.4 Å². The minimum atomic E-state index is -1.64. The van der Waals surface area contributed by atoms with Gasteiger partial charge in [-0.05, 0) is 27.7 Å². The summed E-state index contributed by atoms with van der Waals surface area (Å²) in [7, 11) is 0. The molecule has 2 fully saturated rings. The van der Waals surface area contributed by atoms with Crippen LogP contribution in [-0.2, 0) is 28.5 Å². The number of carbonyl (C=O) groups is 3. The molecule has 2 saturated heterocycles. The molecule has 3 atom stereocenters. The van der Waals surface area contributed by atoms with Gasteiger partial charge in [-0.2, -0.15) is 0 Å². The topological polar surface area (TPSA) is 103 Å². The van der Waals surface area contributed by atoms with Gasteiger partial charge in [-0.15, -0.1) is 0 Å². The Hall–Kier alpha value is -1.71. The summed E-state index contributed by atoms with van der Waals surface area (Å²) in [4.78, 5) is 38.5. The highest BCUT2D eigenvalue weighted by Crippen LogP contribution is 2.17. The van der Waals surface area contributed by atoms with Gasteiger partial charge < -0.3 is 24.3 Å². The predicted octanol–water partition coefficient (Wildman–Crippen LogP) is 0.0690. The van der Waals surface area contributed by atoms with Gasteiger partial charge in [-0.25, -0.2) is 9.59 Å². The molecule has 9 nitrogen and oxygen atoms in total. The summed E-state index contributed by atoms with van der Waals surface area (Å²) in [6.45, 7) is 9.87. The third-order valence-corrected chi connectivity index (χ3v) is 3.72. The molecule has 0 aromatic rings. The monoisotopic (exact) mass is 358 g/mol. The fourth-order valence-electron chi connectivity index (χ4n) is 2.54. The quantitative estimate of drug-likeness (QED) is 0.702. The highest BCUT2D eigenvalue weighted by Gasteiger charge is 2.40. The van der Waals surface area contributed by atoms with Crippen LogP contribution in [-0.4, -0.2) is 79.6 Å². The predicted molar refractivity (Wildman–Crippen MR) is 85.9 cm³/mol.